The number of thioether (sulfide) groups is 1. The Morgan fingerprint density at radius 2 is 1.93 bits per heavy atom. The van der Waals surface area contributed by atoms with Gasteiger partial charge >= 0.3 is 6.18 Å². The van der Waals surface area contributed by atoms with Crippen LogP contribution in [-0.2, 0) is 15.8 Å². The highest BCUT2D eigenvalue weighted by Gasteiger charge is 2.38. The molecule has 0 spiro atoms. The fraction of sp³-hybridized carbons (Fsp3) is 0.190. The van der Waals surface area contributed by atoms with Gasteiger partial charge in [0.25, 0.3) is 0 Å². The summed E-state index contributed by atoms with van der Waals surface area (Å²) in [6.45, 7) is 3.88. The number of nitrogens with one attached hydrogen (secondary N) is 1. The number of aliphatic imine (C=N–C) groups is 1. The Kier molecular flexibility index (Phi) is 6.61. The number of alkyl halides is 3. The lowest BCUT2D eigenvalue weighted by Crippen LogP contribution is -2.33. The number of hydrogen-bond donors (Lipinski definition) is 1. The standard InChI is InChI=1S/C21H18F3N3O2S/c1-2-11-27-19(29)17(30-20(27)26-15-8-4-3-5-9-15)13-18(28)25-16-10-6-7-14(12-16)21(22,23)24/h2-10,12,17H,1,11,13H2,(H,25,28). The summed E-state index contributed by atoms with van der Waals surface area (Å²) in [4.78, 5) is 31.0. The summed E-state index contributed by atoms with van der Waals surface area (Å²) in [5.74, 6) is -0.853. The first-order valence-electron chi connectivity index (χ1n) is 8.97. The Hall–Kier alpha value is -3.07. The van der Waals surface area contributed by atoms with E-state index in [1.54, 1.807) is 18.2 Å². The second kappa shape index (κ2) is 9.17. The van der Waals surface area contributed by atoms with Gasteiger partial charge < -0.3 is 5.32 Å². The van der Waals surface area contributed by atoms with E-state index in [2.05, 4.69) is 16.9 Å². The van der Waals surface area contributed by atoms with E-state index in [4.69, 9.17) is 0 Å². The predicted octanol–water partition coefficient (Wildman–Crippen LogP) is 4.85. The third-order valence-corrected chi connectivity index (χ3v) is 5.33. The van der Waals surface area contributed by atoms with Gasteiger partial charge in [-0.05, 0) is 30.3 Å². The number of halogens is 3. The highest BCUT2D eigenvalue weighted by molar-refractivity contribution is 8.15. The van der Waals surface area contributed by atoms with E-state index in [1.165, 1.54) is 17.0 Å². The minimum atomic E-state index is -4.51. The summed E-state index contributed by atoms with van der Waals surface area (Å²) in [5, 5.41) is 2.15. The molecule has 2 aromatic carbocycles. The zero-order valence-electron chi connectivity index (χ0n) is 15.7. The molecular formula is C21H18F3N3O2S. The van der Waals surface area contributed by atoms with Gasteiger partial charge in [-0.15, -0.1) is 6.58 Å². The lowest BCUT2D eigenvalue weighted by Gasteiger charge is -2.14. The van der Waals surface area contributed by atoms with E-state index in [0.717, 1.165) is 23.9 Å². The molecule has 9 heteroatoms. The number of hydrogen-bond acceptors (Lipinski definition) is 4. The maximum absolute atomic E-state index is 12.8. The molecule has 0 bridgehead atoms. The van der Waals surface area contributed by atoms with Crippen LogP contribution in [0.25, 0.3) is 0 Å². The van der Waals surface area contributed by atoms with E-state index < -0.39 is 22.9 Å². The first-order chi connectivity index (χ1) is 14.3. The summed E-state index contributed by atoms with van der Waals surface area (Å²) in [6.07, 6.45) is -3.14. The summed E-state index contributed by atoms with van der Waals surface area (Å²) in [5.41, 5.74) is -0.177. The summed E-state index contributed by atoms with van der Waals surface area (Å²) in [7, 11) is 0. The Labute approximate surface area is 175 Å². The zero-order chi connectivity index (χ0) is 21.7. The average molecular weight is 433 g/mol. The average Bonchev–Trinajstić information content (AvgIpc) is 2.97. The van der Waals surface area contributed by atoms with Crippen LogP contribution in [-0.4, -0.2) is 33.7 Å². The van der Waals surface area contributed by atoms with Crippen molar-refractivity contribution in [2.75, 3.05) is 11.9 Å². The van der Waals surface area contributed by atoms with Crippen molar-refractivity contribution in [3.05, 3.63) is 72.8 Å². The van der Waals surface area contributed by atoms with E-state index in [-0.39, 0.29) is 24.6 Å². The molecule has 2 aromatic rings. The minimum Gasteiger partial charge on any atom is -0.326 e. The molecule has 1 fully saturated rings. The highest BCUT2D eigenvalue weighted by Crippen LogP contribution is 2.33. The van der Waals surface area contributed by atoms with E-state index in [1.807, 2.05) is 18.2 Å². The number of carbonyl (C=O) groups excluding carboxylic acids is 2. The smallest absolute Gasteiger partial charge is 0.326 e. The van der Waals surface area contributed by atoms with Crippen LogP contribution in [0.2, 0.25) is 0 Å². The van der Waals surface area contributed by atoms with Crippen molar-refractivity contribution < 1.29 is 22.8 Å². The van der Waals surface area contributed by atoms with Crippen LogP contribution in [0.15, 0.2) is 72.2 Å². The number of rotatable bonds is 6. The predicted molar refractivity (Wildman–Crippen MR) is 112 cm³/mol. The molecule has 1 atom stereocenters. The molecule has 2 amide bonds. The van der Waals surface area contributed by atoms with Crippen LogP contribution in [0.1, 0.15) is 12.0 Å². The molecule has 1 aliphatic rings. The van der Waals surface area contributed by atoms with Gasteiger partial charge in [-0.2, -0.15) is 13.2 Å². The summed E-state index contributed by atoms with van der Waals surface area (Å²) < 4.78 is 38.5. The Morgan fingerprint density at radius 1 is 1.20 bits per heavy atom. The molecule has 1 aliphatic heterocycles. The van der Waals surface area contributed by atoms with E-state index in [0.29, 0.717) is 10.9 Å². The fourth-order valence-corrected chi connectivity index (χ4v) is 3.96. The molecule has 0 aliphatic carbocycles. The van der Waals surface area contributed by atoms with Crippen LogP contribution in [0, 0.1) is 0 Å². The molecule has 1 unspecified atom stereocenters. The first-order valence-corrected chi connectivity index (χ1v) is 9.85. The first kappa shape index (κ1) is 21.6. The summed E-state index contributed by atoms with van der Waals surface area (Å²) in [6, 6.07) is 13.4. The van der Waals surface area contributed by atoms with Crippen molar-refractivity contribution in [2.24, 2.45) is 4.99 Å². The molecule has 1 saturated heterocycles. The number of benzene rings is 2. The van der Waals surface area contributed by atoms with Gasteiger partial charge in [-0.1, -0.05) is 42.1 Å². The van der Waals surface area contributed by atoms with Crippen molar-refractivity contribution in [1.29, 1.82) is 0 Å². The van der Waals surface area contributed by atoms with Crippen LogP contribution in [0.3, 0.4) is 0 Å². The highest BCUT2D eigenvalue weighted by atomic mass is 32.2. The maximum atomic E-state index is 12.8. The molecular weight excluding hydrogens is 415 g/mol. The lowest BCUT2D eigenvalue weighted by atomic mass is 10.2. The molecule has 0 aromatic heterocycles. The van der Waals surface area contributed by atoms with Crippen molar-refractivity contribution in [3.8, 4) is 0 Å². The molecule has 0 radical (unpaired) electrons. The van der Waals surface area contributed by atoms with Gasteiger partial charge in [0.15, 0.2) is 5.17 Å². The Morgan fingerprint density at radius 3 is 2.60 bits per heavy atom. The van der Waals surface area contributed by atoms with Crippen molar-refractivity contribution in [2.45, 2.75) is 17.8 Å². The third-order valence-electron chi connectivity index (χ3n) is 4.16. The molecule has 156 valence electrons. The number of amides is 2. The third kappa shape index (κ3) is 5.29. The molecule has 1 heterocycles. The van der Waals surface area contributed by atoms with Crippen LogP contribution in [0.4, 0.5) is 24.5 Å². The molecule has 0 saturated carbocycles. The van der Waals surface area contributed by atoms with E-state index >= 15 is 0 Å². The zero-order valence-corrected chi connectivity index (χ0v) is 16.5. The lowest BCUT2D eigenvalue weighted by molar-refractivity contribution is -0.137. The number of amidine groups is 1. The second-order valence-corrected chi connectivity index (χ2v) is 7.57. The topological polar surface area (TPSA) is 61.8 Å². The molecule has 5 nitrogen and oxygen atoms in total. The largest absolute Gasteiger partial charge is 0.416 e. The van der Waals surface area contributed by atoms with Gasteiger partial charge in [0.2, 0.25) is 11.8 Å². The van der Waals surface area contributed by atoms with Gasteiger partial charge in [0, 0.05) is 18.7 Å². The van der Waals surface area contributed by atoms with Gasteiger partial charge in [-0.3, -0.25) is 14.5 Å². The second-order valence-electron chi connectivity index (χ2n) is 6.40. The van der Waals surface area contributed by atoms with E-state index in [9.17, 15) is 22.8 Å². The summed E-state index contributed by atoms with van der Waals surface area (Å²) >= 11 is 1.15. The number of carbonyl (C=O) groups is 2. The monoisotopic (exact) mass is 433 g/mol. The van der Waals surface area contributed by atoms with Crippen LogP contribution >= 0.6 is 11.8 Å². The normalized spacial score (nSPS) is 18.0. The quantitative estimate of drug-likeness (QED) is 0.663. The van der Waals surface area contributed by atoms with Crippen LogP contribution < -0.4 is 5.32 Å². The SMILES string of the molecule is C=CCN1C(=O)C(CC(=O)Nc2cccc(C(F)(F)F)c2)SC1=Nc1ccccc1. The Balaban J connectivity index is 1.71. The van der Waals surface area contributed by atoms with Crippen LogP contribution in [0.5, 0.6) is 0 Å². The van der Waals surface area contributed by atoms with Crippen molar-refractivity contribution in [1.82, 2.24) is 4.90 Å². The van der Waals surface area contributed by atoms with Crippen molar-refractivity contribution >= 4 is 40.1 Å². The Bertz CT molecular complexity index is 977. The number of para-hydroxylation sites is 1. The van der Waals surface area contributed by atoms with Gasteiger partial charge in [0.05, 0.1) is 11.3 Å². The minimum absolute atomic E-state index is 0.0198. The van der Waals surface area contributed by atoms with Crippen molar-refractivity contribution in [3.63, 3.8) is 0 Å². The van der Waals surface area contributed by atoms with Gasteiger partial charge in [-0.25, -0.2) is 4.99 Å². The molecule has 30 heavy (non-hydrogen) atoms. The maximum Gasteiger partial charge on any atom is 0.416 e. The molecule has 3 rings (SSSR count). The molecule has 1 N–H and O–H groups in total. The fourth-order valence-electron chi connectivity index (χ4n) is 2.79. The number of anilines is 1. The number of nitrogens with zero attached hydrogens (tertiary/aromatic N) is 2. The van der Waals surface area contributed by atoms with Gasteiger partial charge in [0.1, 0.15) is 5.25 Å².